The van der Waals surface area contributed by atoms with Crippen LogP contribution in [0.15, 0.2) is 73.1 Å². The molecular weight excluding hydrogens is 454 g/mol. The van der Waals surface area contributed by atoms with Crippen LogP contribution in [0.4, 0.5) is 5.69 Å². The van der Waals surface area contributed by atoms with E-state index in [0.29, 0.717) is 25.3 Å². The fourth-order valence-electron chi connectivity index (χ4n) is 4.63. The topological polar surface area (TPSA) is 64.1 Å². The van der Waals surface area contributed by atoms with E-state index in [2.05, 4.69) is 9.88 Å². The van der Waals surface area contributed by atoms with Crippen LogP contribution in [0.5, 0.6) is 5.75 Å². The fraction of sp³-hybridized carbons (Fsp3) is 0.379. The minimum Gasteiger partial charge on any atom is -0.489 e. The third kappa shape index (κ3) is 6.42. The van der Waals surface area contributed by atoms with Gasteiger partial charge in [0.05, 0.1) is 19.3 Å². The lowest BCUT2D eigenvalue weighted by atomic mass is 10.1. The number of amides is 1. The van der Waals surface area contributed by atoms with Gasteiger partial charge in [-0.05, 0) is 60.9 Å². The molecule has 0 N–H and O–H groups in total. The van der Waals surface area contributed by atoms with Gasteiger partial charge in [0.1, 0.15) is 12.4 Å². The summed E-state index contributed by atoms with van der Waals surface area (Å²) in [6.45, 7) is 5.57. The van der Waals surface area contributed by atoms with E-state index in [-0.39, 0.29) is 12.0 Å². The van der Waals surface area contributed by atoms with Gasteiger partial charge < -0.3 is 24.0 Å². The van der Waals surface area contributed by atoms with Crippen molar-refractivity contribution in [1.29, 1.82) is 0 Å². The standard InChI is InChI=1S/C29H33N3O4/c33-29(25-7-9-26(10-8-25)31-14-17-34-18-15-31)32(21-28-4-2-16-35-28)20-23-5-11-27(12-6-23)36-22-24-3-1-13-30-19-24/h1,3,5-13,19,28H,2,4,14-18,20-22H2. The number of carbonyl (C=O) groups is 1. The monoisotopic (exact) mass is 487 g/mol. The Balaban J connectivity index is 1.25. The zero-order chi connectivity index (χ0) is 24.6. The fourth-order valence-corrected chi connectivity index (χ4v) is 4.63. The molecule has 2 aliphatic rings. The van der Waals surface area contributed by atoms with Gasteiger partial charge in [-0.2, -0.15) is 0 Å². The average molecular weight is 488 g/mol. The van der Waals surface area contributed by atoms with E-state index in [4.69, 9.17) is 14.2 Å². The number of aromatic nitrogens is 1. The van der Waals surface area contributed by atoms with Gasteiger partial charge in [0.2, 0.25) is 0 Å². The van der Waals surface area contributed by atoms with Gasteiger partial charge in [-0.15, -0.1) is 0 Å². The van der Waals surface area contributed by atoms with Crippen LogP contribution in [0.3, 0.4) is 0 Å². The summed E-state index contributed by atoms with van der Waals surface area (Å²) in [6.07, 6.45) is 5.67. The number of anilines is 1. The molecule has 2 aliphatic heterocycles. The van der Waals surface area contributed by atoms with Gasteiger partial charge in [-0.1, -0.05) is 18.2 Å². The van der Waals surface area contributed by atoms with Crippen LogP contribution in [0.2, 0.25) is 0 Å². The molecule has 7 heteroatoms. The molecule has 3 aromatic rings. The summed E-state index contributed by atoms with van der Waals surface area (Å²) in [7, 11) is 0. The number of nitrogens with zero attached hydrogens (tertiary/aromatic N) is 3. The Morgan fingerprint density at radius 2 is 1.81 bits per heavy atom. The highest BCUT2D eigenvalue weighted by Gasteiger charge is 2.24. The molecule has 0 bridgehead atoms. The van der Waals surface area contributed by atoms with E-state index in [1.54, 1.807) is 12.4 Å². The van der Waals surface area contributed by atoms with Crippen molar-refractivity contribution in [2.45, 2.75) is 32.1 Å². The highest BCUT2D eigenvalue weighted by Crippen LogP contribution is 2.22. The number of hydrogen-bond donors (Lipinski definition) is 0. The van der Waals surface area contributed by atoms with Crippen molar-refractivity contribution < 1.29 is 19.0 Å². The predicted molar refractivity (Wildman–Crippen MR) is 138 cm³/mol. The molecular formula is C29H33N3O4. The van der Waals surface area contributed by atoms with Gasteiger partial charge >= 0.3 is 0 Å². The summed E-state index contributed by atoms with van der Waals surface area (Å²) in [6, 6.07) is 19.8. The van der Waals surface area contributed by atoms with Crippen LogP contribution in [0.1, 0.15) is 34.3 Å². The van der Waals surface area contributed by atoms with Crippen LogP contribution in [-0.2, 0) is 22.6 Å². The Morgan fingerprint density at radius 1 is 1.00 bits per heavy atom. The molecule has 1 atom stereocenters. The minimum absolute atomic E-state index is 0.0240. The van der Waals surface area contributed by atoms with Crippen LogP contribution in [0.25, 0.3) is 0 Å². The lowest BCUT2D eigenvalue weighted by Gasteiger charge is -2.29. The number of pyridine rings is 1. The SMILES string of the molecule is O=C(c1ccc(N2CCOCC2)cc1)N(Cc1ccc(OCc2cccnc2)cc1)CC1CCCO1. The average Bonchev–Trinajstić information content (AvgIpc) is 3.46. The first-order chi connectivity index (χ1) is 17.7. The summed E-state index contributed by atoms with van der Waals surface area (Å²) in [5.74, 6) is 0.814. The molecule has 7 nitrogen and oxygen atoms in total. The smallest absolute Gasteiger partial charge is 0.254 e. The van der Waals surface area contributed by atoms with Crippen LogP contribution < -0.4 is 9.64 Å². The summed E-state index contributed by atoms with van der Waals surface area (Å²) >= 11 is 0. The zero-order valence-corrected chi connectivity index (χ0v) is 20.6. The highest BCUT2D eigenvalue weighted by atomic mass is 16.5. The number of ether oxygens (including phenoxy) is 3. The predicted octanol–water partition coefficient (Wildman–Crippen LogP) is 4.32. The molecule has 3 heterocycles. The lowest BCUT2D eigenvalue weighted by molar-refractivity contribution is 0.0507. The molecule has 0 radical (unpaired) electrons. The molecule has 5 rings (SSSR count). The maximum Gasteiger partial charge on any atom is 0.254 e. The third-order valence-corrected chi connectivity index (χ3v) is 6.65. The van der Waals surface area contributed by atoms with Gasteiger partial charge in [0, 0.05) is 62.0 Å². The molecule has 2 aromatic carbocycles. The molecule has 1 aromatic heterocycles. The second kappa shape index (κ2) is 12.0. The van der Waals surface area contributed by atoms with Crippen molar-refractivity contribution >= 4 is 11.6 Å². The number of benzene rings is 2. The van der Waals surface area contributed by atoms with E-state index in [1.165, 1.54) is 0 Å². The molecule has 0 saturated carbocycles. The van der Waals surface area contributed by atoms with Crippen molar-refractivity contribution in [3.8, 4) is 5.75 Å². The summed E-state index contributed by atoms with van der Waals surface area (Å²) in [5, 5.41) is 0. The van der Waals surface area contributed by atoms with Crippen molar-refractivity contribution in [1.82, 2.24) is 9.88 Å². The van der Waals surface area contributed by atoms with E-state index >= 15 is 0 Å². The normalized spacial score (nSPS) is 17.7. The van der Waals surface area contributed by atoms with E-state index in [0.717, 1.165) is 68.3 Å². The molecule has 36 heavy (non-hydrogen) atoms. The Labute approximate surface area is 212 Å². The van der Waals surface area contributed by atoms with Crippen molar-refractivity contribution in [2.75, 3.05) is 44.4 Å². The third-order valence-electron chi connectivity index (χ3n) is 6.65. The molecule has 188 valence electrons. The summed E-state index contributed by atoms with van der Waals surface area (Å²) < 4.78 is 17.2. The first kappa shape index (κ1) is 24.3. The Kier molecular flexibility index (Phi) is 8.10. The Hall–Kier alpha value is -3.42. The molecule has 0 aliphatic carbocycles. The molecule has 0 spiro atoms. The highest BCUT2D eigenvalue weighted by molar-refractivity contribution is 5.94. The second-order valence-electron chi connectivity index (χ2n) is 9.26. The maximum absolute atomic E-state index is 13.6. The van der Waals surface area contributed by atoms with Gasteiger partial charge in [0.25, 0.3) is 5.91 Å². The zero-order valence-electron chi connectivity index (χ0n) is 20.6. The van der Waals surface area contributed by atoms with E-state index in [1.807, 2.05) is 65.6 Å². The van der Waals surface area contributed by atoms with Gasteiger partial charge in [0.15, 0.2) is 0 Å². The number of carbonyl (C=O) groups excluding carboxylic acids is 1. The van der Waals surface area contributed by atoms with Crippen LogP contribution in [0, 0.1) is 0 Å². The largest absolute Gasteiger partial charge is 0.489 e. The van der Waals surface area contributed by atoms with Crippen LogP contribution in [-0.4, -0.2) is 61.3 Å². The van der Waals surface area contributed by atoms with Crippen molar-refractivity contribution in [3.63, 3.8) is 0 Å². The quantitative estimate of drug-likeness (QED) is 0.448. The van der Waals surface area contributed by atoms with Crippen molar-refractivity contribution in [3.05, 3.63) is 89.7 Å². The Morgan fingerprint density at radius 3 is 2.50 bits per heavy atom. The van der Waals surface area contributed by atoms with Crippen LogP contribution >= 0.6 is 0 Å². The first-order valence-corrected chi connectivity index (χ1v) is 12.7. The molecule has 2 saturated heterocycles. The molecule has 2 fully saturated rings. The lowest BCUT2D eigenvalue weighted by Crippen LogP contribution is -2.37. The van der Waals surface area contributed by atoms with E-state index in [9.17, 15) is 4.79 Å². The molecule has 1 amide bonds. The van der Waals surface area contributed by atoms with Gasteiger partial charge in [-0.25, -0.2) is 0 Å². The first-order valence-electron chi connectivity index (χ1n) is 12.7. The summed E-state index contributed by atoms with van der Waals surface area (Å²) in [5.41, 5.74) is 3.90. The maximum atomic E-state index is 13.6. The molecule has 1 unspecified atom stereocenters. The number of hydrogen-bond acceptors (Lipinski definition) is 6. The number of morpholine rings is 1. The number of rotatable bonds is 9. The van der Waals surface area contributed by atoms with E-state index < -0.39 is 0 Å². The van der Waals surface area contributed by atoms with Gasteiger partial charge in [-0.3, -0.25) is 9.78 Å². The van der Waals surface area contributed by atoms with Crippen molar-refractivity contribution in [2.24, 2.45) is 0 Å². The summed E-state index contributed by atoms with van der Waals surface area (Å²) in [4.78, 5) is 21.9. The minimum atomic E-state index is 0.0240. The second-order valence-corrected chi connectivity index (χ2v) is 9.26. The Bertz CT molecular complexity index is 1090.